The fourth-order valence-electron chi connectivity index (χ4n) is 2.30. The van der Waals surface area contributed by atoms with Crippen LogP contribution in [0.25, 0.3) is 0 Å². The lowest BCUT2D eigenvalue weighted by Gasteiger charge is -2.21. The second-order valence-electron chi connectivity index (χ2n) is 5.54. The molecule has 0 fully saturated rings. The molecule has 0 spiro atoms. The van der Waals surface area contributed by atoms with E-state index in [0.717, 1.165) is 11.1 Å². The lowest BCUT2D eigenvalue weighted by atomic mass is 10.2. The maximum Gasteiger partial charge on any atom is 0.222 e. The summed E-state index contributed by atoms with van der Waals surface area (Å²) in [6.07, 6.45) is 0.261. The average Bonchev–Trinajstić information content (AvgIpc) is 2.59. The topological polar surface area (TPSA) is 49.4 Å². The Bertz CT molecular complexity index is 689. The highest BCUT2D eigenvalue weighted by atomic mass is 35.5. The number of hydrogen-bond donors (Lipinski definition) is 1. The van der Waals surface area contributed by atoms with Gasteiger partial charge >= 0.3 is 0 Å². The molecule has 2 amide bonds. The van der Waals surface area contributed by atoms with Gasteiger partial charge in [-0.15, -0.1) is 0 Å². The van der Waals surface area contributed by atoms with Gasteiger partial charge in [-0.05, 0) is 17.2 Å². The van der Waals surface area contributed by atoms with Crippen molar-refractivity contribution in [3.63, 3.8) is 0 Å². The highest BCUT2D eigenvalue weighted by Crippen LogP contribution is 2.17. The lowest BCUT2D eigenvalue weighted by Crippen LogP contribution is -2.33. The van der Waals surface area contributed by atoms with E-state index in [1.165, 1.54) is 6.92 Å². The average molecular weight is 345 g/mol. The first kappa shape index (κ1) is 18.0. The quantitative estimate of drug-likeness (QED) is 0.837. The van der Waals surface area contributed by atoms with Gasteiger partial charge in [0.05, 0.1) is 0 Å². The van der Waals surface area contributed by atoms with E-state index >= 15 is 0 Å². The van der Waals surface area contributed by atoms with Crippen molar-refractivity contribution in [1.29, 1.82) is 0 Å². The van der Waals surface area contributed by atoms with Crippen molar-refractivity contribution >= 4 is 23.4 Å². The fourth-order valence-corrected chi connectivity index (χ4v) is 2.50. The fraction of sp³-hybridized carbons (Fsp3) is 0.263. The molecule has 0 aliphatic carbocycles. The summed E-state index contributed by atoms with van der Waals surface area (Å²) in [6, 6.07) is 17.1. The van der Waals surface area contributed by atoms with Crippen LogP contribution in [0, 0.1) is 0 Å². The molecule has 0 unspecified atom stereocenters. The zero-order chi connectivity index (χ0) is 17.4. The Morgan fingerprint density at radius 1 is 1.04 bits per heavy atom. The normalized spacial score (nSPS) is 10.2. The number of carbonyl (C=O) groups is 2. The predicted molar refractivity (Wildman–Crippen MR) is 95.4 cm³/mol. The lowest BCUT2D eigenvalue weighted by molar-refractivity contribution is -0.130. The molecule has 1 N–H and O–H groups in total. The number of amides is 2. The molecule has 0 heterocycles. The molecule has 126 valence electrons. The molecule has 2 aromatic rings. The Balaban J connectivity index is 1.84. The molecule has 2 rings (SSSR count). The first-order valence-corrected chi connectivity index (χ1v) is 8.23. The van der Waals surface area contributed by atoms with Crippen LogP contribution < -0.4 is 5.32 Å². The zero-order valence-corrected chi connectivity index (χ0v) is 14.4. The smallest absolute Gasteiger partial charge is 0.222 e. The van der Waals surface area contributed by atoms with Gasteiger partial charge in [-0.1, -0.05) is 60.1 Å². The van der Waals surface area contributed by atoms with Crippen molar-refractivity contribution in [3.8, 4) is 0 Å². The molecule has 24 heavy (non-hydrogen) atoms. The third-order valence-electron chi connectivity index (χ3n) is 3.71. The van der Waals surface area contributed by atoms with Gasteiger partial charge < -0.3 is 10.2 Å². The summed E-state index contributed by atoms with van der Waals surface area (Å²) < 4.78 is 0. The molecular formula is C19H21ClN2O2. The van der Waals surface area contributed by atoms with Crippen LogP contribution >= 0.6 is 11.6 Å². The Morgan fingerprint density at radius 3 is 2.38 bits per heavy atom. The summed E-state index contributed by atoms with van der Waals surface area (Å²) in [5.74, 6) is -0.157. The number of nitrogens with one attached hydrogen (secondary N) is 1. The third-order valence-corrected chi connectivity index (χ3v) is 4.07. The maximum atomic E-state index is 12.0. The minimum atomic E-state index is -0.0794. The molecular weight excluding hydrogens is 324 g/mol. The standard InChI is InChI=1S/C19H21ClN2O2/c1-15(23)22(14-17-9-5-6-10-18(17)20)12-11-19(24)21-13-16-7-3-2-4-8-16/h2-10H,11-14H2,1H3,(H,21,24). The predicted octanol–water partition coefficient (Wildman–Crippen LogP) is 3.40. The molecule has 0 aliphatic rings. The van der Waals surface area contributed by atoms with Gasteiger partial charge in [0.25, 0.3) is 0 Å². The van der Waals surface area contributed by atoms with E-state index in [1.54, 1.807) is 11.0 Å². The molecule has 0 bridgehead atoms. The van der Waals surface area contributed by atoms with Crippen LogP contribution in [0.5, 0.6) is 0 Å². The van der Waals surface area contributed by atoms with Crippen LogP contribution in [-0.2, 0) is 22.7 Å². The second kappa shape index (κ2) is 9.08. The van der Waals surface area contributed by atoms with Crippen molar-refractivity contribution < 1.29 is 9.59 Å². The van der Waals surface area contributed by atoms with Crippen LogP contribution in [0.3, 0.4) is 0 Å². The number of benzene rings is 2. The van der Waals surface area contributed by atoms with Gasteiger partial charge in [-0.25, -0.2) is 0 Å². The van der Waals surface area contributed by atoms with Gasteiger partial charge in [-0.3, -0.25) is 9.59 Å². The maximum absolute atomic E-state index is 12.0. The Labute approximate surface area is 147 Å². The van der Waals surface area contributed by atoms with E-state index in [2.05, 4.69) is 5.32 Å². The second-order valence-corrected chi connectivity index (χ2v) is 5.95. The number of hydrogen-bond acceptors (Lipinski definition) is 2. The molecule has 5 heteroatoms. The van der Waals surface area contributed by atoms with E-state index in [4.69, 9.17) is 11.6 Å². The number of halogens is 1. The van der Waals surface area contributed by atoms with E-state index in [1.807, 2.05) is 48.5 Å². The molecule has 2 aromatic carbocycles. The Hall–Kier alpha value is -2.33. The van der Waals surface area contributed by atoms with Crippen molar-refractivity contribution in [2.75, 3.05) is 6.54 Å². The van der Waals surface area contributed by atoms with Crippen molar-refractivity contribution in [2.24, 2.45) is 0 Å². The van der Waals surface area contributed by atoms with Crippen LogP contribution in [-0.4, -0.2) is 23.3 Å². The van der Waals surface area contributed by atoms with Crippen LogP contribution in [0.2, 0.25) is 5.02 Å². The van der Waals surface area contributed by atoms with Gasteiger partial charge in [-0.2, -0.15) is 0 Å². The highest BCUT2D eigenvalue weighted by Gasteiger charge is 2.13. The van der Waals surface area contributed by atoms with E-state index in [0.29, 0.717) is 24.7 Å². The van der Waals surface area contributed by atoms with Crippen molar-refractivity contribution in [1.82, 2.24) is 10.2 Å². The SMILES string of the molecule is CC(=O)N(CCC(=O)NCc1ccccc1)Cc1ccccc1Cl. The number of rotatable bonds is 7. The summed E-state index contributed by atoms with van der Waals surface area (Å²) in [5, 5.41) is 3.49. The monoisotopic (exact) mass is 344 g/mol. The largest absolute Gasteiger partial charge is 0.352 e. The van der Waals surface area contributed by atoms with E-state index < -0.39 is 0 Å². The van der Waals surface area contributed by atoms with Crippen molar-refractivity contribution in [2.45, 2.75) is 26.4 Å². The van der Waals surface area contributed by atoms with Crippen LogP contribution in [0.4, 0.5) is 0 Å². The molecule has 0 aromatic heterocycles. The van der Waals surface area contributed by atoms with Gasteiger partial charge in [0.1, 0.15) is 0 Å². The molecule has 0 atom stereocenters. The summed E-state index contributed by atoms with van der Waals surface area (Å²) in [4.78, 5) is 25.4. The van der Waals surface area contributed by atoms with E-state index in [-0.39, 0.29) is 18.2 Å². The van der Waals surface area contributed by atoms with Crippen LogP contribution in [0.1, 0.15) is 24.5 Å². The third kappa shape index (κ3) is 5.70. The Morgan fingerprint density at radius 2 is 1.71 bits per heavy atom. The molecule has 0 saturated carbocycles. The first-order chi connectivity index (χ1) is 11.6. The number of carbonyl (C=O) groups excluding carboxylic acids is 2. The molecule has 0 aliphatic heterocycles. The Kier molecular flexibility index (Phi) is 6.82. The molecule has 4 nitrogen and oxygen atoms in total. The number of nitrogens with zero attached hydrogens (tertiary/aromatic N) is 1. The minimum absolute atomic E-state index is 0.0780. The molecule has 0 radical (unpaired) electrons. The summed E-state index contributed by atoms with van der Waals surface area (Å²) in [5.41, 5.74) is 1.92. The molecule has 0 saturated heterocycles. The first-order valence-electron chi connectivity index (χ1n) is 7.86. The van der Waals surface area contributed by atoms with Crippen LogP contribution in [0.15, 0.2) is 54.6 Å². The summed E-state index contributed by atoms with van der Waals surface area (Å²) in [6.45, 7) is 2.76. The van der Waals surface area contributed by atoms with Gasteiger partial charge in [0.15, 0.2) is 0 Å². The van der Waals surface area contributed by atoms with Gasteiger partial charge in [0.2, 0.25) is 11.8 Å². The van der Waals surface area contributed by atoms with E-state index in [9.17, 15) is 9.59 Å². The summed E-state index contributed by atoms with van der Waals surface area (Å²) >= 11 is 6.14. The minimum Gasteiger partial charge on any atom is -0.352 e. The summed E-state index contributed by atoms with van der Waals surface area (Å²) in [7, 11) is 0. The van der Waals surface area contributed by atoms with Gasteiger partial charge in [0, 0.05) is 38.0 Å². The zero-order valence-electron chi connectivity index (χ0n) is 13.7. The highest BCUT2D eigenvalue weighted by molar-refractivity contribution is 6.31. The van der Waals surface area contributed by atoms with Crippen molar-refractivity contribution in [3.05, 3.63) is 70.7 Å².